The predicted octanol–water partition coefficient (Wildman–Crippen LogP) is 2.54. The largest absolute Gasteiger partial charge is 0.370 e. The first-order valence-electron chi connectivity index (χ1n) is 8.04. The number of likely N-dealkylation sites (tertiary alicyclic amines) is 1. The fourth-order valence-electron chi connectivity index (χ4n) is 3.77. The van der Waals surface area contributed by atoms with Crippen molar-refractivity contribution < 1.29 is 4.74 Å². The van der Waals surface area contributed by atoms with Crippen LogP contribution in [-0.2, 0) is 23.3 Å². The van der Waals surface area contributed by atoms with Gasteiger partial charge in [-0.15, -0.1) is 0 Å². The zero-order valence-corrected chi connectivity index (χ0v) is 12.7. The van der Waals surface area contributed by atoms with Crippen LogP contribution in [0.4, 0.5) is 0 Å². The van der Waals surface area contributed by atoms with Crippen LogP contribution in [0.15, 0.2) is 43.0 Å². The van der Waals surface area contributed by atoms with Gasteiger partial charge in [0.05, 0.1) is 12.2 Å². The number of aromatic nitrogens is 2. The van der Waals surface area contributed by atoms with Crippen LogP contribution in [0.1, 0.15) is 29.5 Å². The van der Waals surface area contributed by atoms with Crippen LogP contribution in [0.25, 0.3) is 0 Å². The molecule has 0 N–H and O–H groups in total. The van der Waals surface area contributed by atoms with Crippen molar-refractivity contribution in [2.45, 2.75) is 31.4 Å². The van der Waals surface area contributed by atoms with Crippen LogP contribution in [0.3, 0.4) is 0 Å². The van der Waals surface area contributed by atoms with Gasteiger partial charge in [-0.3, -0.25) is 4.90 Å². The number of ether oxygens (including phenoxy) is 1. The Morgan fingerprint density at radius 3 is 2.68 bits per heavy atom. The van der Waals surface area contributed by atoms with Gasteiger partial charge in [0.2, 0.25) is 0 Å². The van der Waals surface area contributed by atoms with Gasteiger partial charge < -0.3 is 4.74 Å². The summed E-state index contributed by atoms with van der Waals surface area (Å²) in [5.41, 5.74) is 4.02. The Bertz CT molecular complexity index is 636. The number of hydrogen-bond donors (Lipinski definition) is 0. The highest BCUT2D eigenvalue weighted by Gasteiger charge is 2.40. The Labute approximate surface area is 131 Å². The molecule has 2 aliphatic heterocycles. The van der Waals surface area contributed by atoms with Gasteiger partial charge in [0.1, 0.15) is 6.33 Å². The average Bonchev–Trinajstić information content (AvgIpc) is 2.59. The quantitative estimate of drug-likeness (QED) is 0.853. The first-order valence-corrected chi connectivity index (χ1v) is 8.04. The summed E-state index contributed by atoms with van der Waals surface area (Å²) < 4.78 is 6.28. The highest BCUT2D eigenvalue weighted by Crippen LogP contribution is 2.41. The molecule has 4 rings (SSSR count). The number of rotatable bonds is 2. The molecular formula is C18H21N3O. The molecule has 4 nitrogen and oxygen atoms in total. The molecule has 1 aromatic heterocycles. The standard InChI is InChI=1S/C18H21N3O/c1-2-4-17-16(3-1)5-10-22-18(17)6-8-21(9-7-18)13-15-11-19-14-20-12-15/h1-4,11-12,14H,5-10,13H2. The van der Waals surface area contributed by atoms with E-state index in [0.717, 1.165) is 45.5 Å². The van der Waals surface area contributed by atoms with E-state index in [9.17, 15) is 0 Å². The van der Waals surface area contributed by atoms with Crippen LogP contribution in [0.2, 0.25) is 0 Å². The normalized spacial score (nSPS) is 20.7. The molecule has 0 saturated carbocycles. The van der Waals surface area contributed by atoms with Crippen molar-refractivity contribution in [1.29, 1.82) is 0 Å². The van der Waals surface area contributed by atoms with E-state index >= 15 is 0 Å². The Hall–Kier alpha value is -1.78. The summed E-state index contributed by atoms with van der Waals surface area (Å²) in [7, 11) is 0. The number of piperidine rings is 1. The zero-order valence-electron chi connectivity index (χ0n) is 12.7. The number of hydrogen-bond acceptors (Lipinski definition) is 4. The van der Waals surface area contributed by atoms with Crippen molar-refractivity contribution in [1.82, 2.24) is 14.9 Å². The van der Waals surface area contributed by atoms with E-state index in [4.69, 9.17) is 4.74 Å². The molecule has 114 valence electrons. The average molecular weight is 295 g/mol. The number of fused-ring (bicyclic) bond motifs is 2. The third kappa shape index (κ3) is 2.53. The van der Waals surface area contributed by atoms with Crippen LogP contribution in [0, 0.1) is 0 Å². The Kier molecular flexibility index (Phi) is 3.64. The molecule has 1 aromatic carbocycles. The van der Waals surface area contributed by atoms with Gasteiger partial charge in [-0.25, -0.2) is 9.97 Å². The lowest BCUT2D eigenvalue weighted by Crippen LogP contribution is -2.46. The number of benzene rings is 1. The molecule has 0 unspecified atom stereocenters. The Morgan fingerprint density at radius 2 is 1.86 bits per heavy atom. The lowest BCUT2D eigenvalue weighted by atomic mass is 9.79. The fraction of sp³-hybridized carbons (Fsp3) is 0.444. The summed E-state index contributed by atoms with van der Waals surface area (Å²) in [6.07, 6.45) is 8.58. The molecule has 0 amide bonds. The second-order valence-corrected chi connectivity index (χ2v) is 6.27. The topological polar surface area (TPSA) is 38.2 Å². The summed E-state index contributed by atoms with van der Waals surface area (Å²) in [4.78, 5) is 10.7. The van der Waals surface area contributed by atoms with Gasteiger partial charge in [0.15, 0.2) is 0 Å². The smallest absolute Gasteiger partial charge is 0.115 e. The van der Waals surface area contributed by atoms with Crippen molar-refractivity contribution >= 4 is 0 Å². The van der Waals surface area contributed by atoms with Gasteiger partial charge in [-0.05, 0) is 30.4 Å². The van der Waals surface area contributed by atoms with Gasteiger partial charge in [-0.1, -0.05) is 24.3 Å². The van der Waals surface area contributed by atoms with Crippen molar-refractivity contribution in [3.63, 3.8) is 0 Å². The molecule has 2 aromatic rings. The molecular weight excluding hydrogens is 274 g/mol. The first kappa shape index (κ1) is 13.9. The van der Waals surface area contributed by atoms with E-state index in [1.807, 2.05) is 12.4 Å². The van der Waals surface area contributed by atoms with Crippen molar-refractivity contribution in [2.75, 3.05) is 19.7 Å². The minimum atomic E-state index is -0.0570. The van der Waals surface area contributed by atoms with E-state index in [1.54, 1.807) is 6.33 Å². The monoisotopic (exact) mass is 295 g/mol. The van der Waals surface area contributed by atoms with Gasteiger partial charge >= 0.3 is 0 Å². The highest BCUT2D eigenvalue weighted by molar-refractivity contribution is 5.35. The van der Waals surface area contributed by atoms with Crippen LogP contribution < -0.4 is 0 Å². The van der Waals surface area contributed by atoms with Crippen LogP contribution >= 0.6 is 0 Å². The fourth-order valence-corrected chi connectivity index (χ4v) is 3.77. The number of nitrogens with zero attached hydrogens (tertiary/aromatic N) is 3. The SMILES string of the molecule is c1ccc2c(c1)CCOC21CCN(Cc2cncnc2)CC1. The molecule has 1 spiro atoms. The minimum absolute atomic E-state index is 0.0570. The van der Waals surface area contributed by atoms with E-state index in [0.29, 0.717) is 0 Å². The molecule has 0 aliphatic carbocycles. The summed E-state index contributed by atoms with van der Waals surface area (Å²) in [5, 5.41) is 0. The lowest BCUT2D eigenvalue weighted by molar-refractivity contribution is -0.0989. The summed E-state index contributed by atoms with van der Waals surface area (Å²) in [6, 6.07) is 8.80. The summed E-state index contributed by atoms with van der Waals surface area (Å²) >= 11 is 0. The lowest BCUT2D eigenvalue weighted by Gasteiger charge is -2.45. The van der Waals surface area contributed by atoms with Crippen molar-refractivity contribution in [2.24, 2.45) is 0 Å². The van der Waals surface area contributed by atoms with E-state index in [2.05, 4.69) is 39.1 Å². The maximum atomic E-state index is 6.28. The van der Waals surface area contributed by atoms with E-state index < -0.39 is 0 Å². The molecule has 2 aliphatic rings. The maximum Gasteiger partial charge on any atom is 0.115 e. The second-order valence-electron chi connectivity index (χ2n) is 6.27. The molecule has 0 bridgehead atoms. The Morgan fingerprint density at radius 1 is 1.09 bits per heavy atom. The second kappa shape index (κ2) is 5.78. The molecule has 3 heterocycles. The molecule has 0 radical (unpaired) electrons. The Balaban J connectivity index is 1.48. The molecule has 1 saturated heterocycles. The molecule has 0 atom stereocenters. The minimum Gasteiger partial charge on any atom is -0.370 e. The molecule has 1 fully saturated rings. The predicted molar refractivity (Wildman–Crippen MR) is 84.3 cm³/mol. The van der Waals surface area contributed by atoms with Gasteiger partial charge in [0.25, 0.3) is 0 Å². The maximum absolute atomic E-state index is 6.28. The van der Waals surface area contributed by atoms with Crippen molar-refractivity contribution in [3.8, 4) is 0 Å². The van der Waals surface area contributed by atoms with Crippen LogP contribution in [0.5, 0.6) is 0 Å². The first-order chi connectivity index (χ1) is 10.9. The molecule has 4 heteroatoms. The zero-order chi connectivity index (χ0) is 14.8. The molecule has 22 heavy (non-hydrogen) atoms. The van der Waals surface area contributed by atoms with Gasteiger partial charge in [-0.2, -0.15) is 0 Å². The van der Waals surface area contributed by atoms with Crippen LogP contribution in [-0.4, -0.2) is 34.6 Å². The third-order valence-corrected chi connectivity index (χ3v) is 4.94. The highest BCUT2D eigenvalue weighted by atomic mass is 16.5. The summed E-state index contributed by atoms with van der Waals surface area (Å²) in [5.74, 6) is 0. The summed E-state index contributed by atoms with van der Waals surface area (Å²) in [6.45, 7) is 3.90. The van der Waals surface area contributed by atoms with E-state index in [1.165, 1.54) is 16.7 Å². The van der Waals surface area contributed by atoms with Gasteiger partial charge in [0, 0.05) is 37.6 Å². The van der Waals surface area contributed by atoms with Crippen molar-refractivity contribution in [3.05, 3.63) is 59.7 Å². The van der Waals surface area contributed by atoms with E-state index in [-0.39, 0.29) is 5.60 Å². The third-order valence-electron chi connectivity index (χ3n) is 4.94.